The van der Waals surface area contributed by atoms with Crippen LogP contribution in [0.15, 0.2) is 0 Å². The molecule has 9 nitrogen and oxygen atoms in total. The molecule has 1 aromatic heterocycles. The van der Waals surface area contributed by atoms with Gasteiger partial charge in [0, 0.05) is 6.42 Å². The number of aryl methyl sites for hydroxylation is 1. The van der Waals surface area contributed by atoms with Gasteiger partial charge >= 0.3 is 5.97 Å². The monoisotopic (exact) mass is 351 g/mol. The number of aromatic nitrogens is 4. The first-order valence-electron chi connectivity index (χ1n) is 9.35. The highest BCUT2D eigenvalue weighted by molar-refractivity contribution is 5.83. The Kier molecular flexibility index (Phi) is 5.19. The maximum Gasteiger partial charge on any atom is 0.323 e. The van der Waals surface area contributed by atoms with Gasteiger partial charge in [0.1, 0.15) is 6.02 Å². The third-order valence-electron chi connectivity index (χ3n) is 5.39. The number of amides is 1. The molecule has 0 radical (unpaired) electrons. The van der Waals surface area contributed by atoms with Gasteiger partial charge in [-0.2, -0.15) is 5.21 Å². The quantitative estimate of drug-likeness (QED) is 0.611. The van der Waals surface area contributed by atoms with Crippen LogP contribution in [0.5, 0.6) is 0 Å². The molecule has 0 bridgehead atoms. The lowest BCUT2D eigenvalue weighted by Crippen LogP contribution is -2.51. The van der Waals surface area contributed by atoms with E-state index in [0.717, 1.165) is 37.9 Å². The minimum absolute atomic E-state index is 0.286. The molecule has 0 aromatic carbocycles. The number of tetrazole rings is 1. The topological polar surface area (TPSA) is 136 Å². The zero-order chi connectivity index (χ0) is 18.7. The fourth-order valence-electron chi connectivity index (χ4n) is 3.86. The number of primary amides is 1. The molecule has 0 spiro atoms. The van der Waals surface area contributed by atoms with E-state index in [1.54, 1.807) is 0 Å². The van der Waals surface area contributed by atoms with Gasteiger partial charge in [0.25, 0.3) is 5.91 Å². The summed E-state index contributed by atoms with van der Waals surface area (Å²) in [5.74, 6) is 0.561. The molecule has 25 heavy (non-hydrogen) atoms. The minimum atomic E-state index is -1.51. The Bertz CT molecular complexity index is 642. The van der Waals surface area contributed by atoms with Crippen LogP contribution in [0.4, 0.5) is 0 Å². The van der Waals surface area contributed by atoms with Crippen molar-refractivity contribution in [1.82, 2.24) is 25.9 Å². The van der Waals surface area contributed by atoms with Gasteiger partial charge in [0.2, 0.25) is 0 Å². The van der Waals surface area contributed by atoms with Crippen molar-refractivity contribution in [3.05, 3.63) is 5.82 Å². The summed E-state index contributed by atoms with van der Waals surface area (Å²) in [6.45, 7) is 2.04. The lowest BCUT2D eigenvalue weighted by atomic mass is 9.69. The highest BCUT2D eigenvalue weighted by Gasteiger charge is 2.38. The summed E-state index contributed by atoms with van der Waals surface area (Å²) in [4.78, 5) is 23.5. The van der Waals surface area contributed by atoms with Crippen LogP contribution in [0.25, 0.3) is 0 Å². The smallest absolute Gasteiger partial charge is 0.323 e. The Hall–Kier alpha value is -2.03. The SMILES string of the molecule is [2H][C@@]1(C(=O)O[C@H](C)C(N)=O)C[C@H]2C[C@@H](CCc3nn[nH]n3)CC[C@H]2CN1. The second-order valence-corrected chi connectivity index (χ2v) is 7.08. The third-order valence-corrected chi connectivity index (χ3v) is 5.39. The molecule has 1 saturated carbocycles. The van der Waals surface area contributed by atoms with Crippen LogP contribution in [-0.2, 0) is 20.7 Å². The molecule has 1 aliphatic carbocycles. The molecule has 2 fully saturated rings. The number of nitrogens with zero attached hydrogens (tertiary/aromatic N) is 3. The molecule has 138 valence electrons. The molecule has 1 aliphatic heterocycles. The second kappa shape index (κ2) is 7.90. The first kappa shape index (κ1) is 16.4. The van der Waals surface area contributed by atoms with Crippen LogP contribution in [0.1, 0.15) is 46.2 Å². The number of hydrogen-bond acceptors (Lipinski definition) is 7. The number of nitrogens with two attached hydrogens (primary N) is 1. The number of fused-ring (bicyclic) bond motifs is 1. The van der Waals surface area contributed by atoms with Crippen molar-refractivity contribution in [3.63, 3.8) is 0 Å². The van der Waals surface area contributed by atoms with Crippen LogP contribution in [0.2, 0.25) is 0 Å². The van der Waals surface area contributed by atoms with Gasteiger partial charge in [-0.15, -0.1) is 10.2 Å². The predicted molar refractivity (Wildman–Crippen MR) is 88.0 cm³/mol. The molecule has 1 aromatic rings. The van der Waals surface area contributed by atoms with Crippen molar-refractivity contribution < 1.29 is 15.7 Å². The molecule has 9 heteroatoms. The number of piperidine rings is 1. The Morgan fingerprint density at radius 1 is 1.40 bits per heavy atom. The van der Waals surface area contributed by atoms with Crippen molar-refractivity contribution in [3.8, 4) is 0 Å². The molecular formula is C16H26N6O3. The van der Waals surface area contributed by atoms with Crippen molar-refractivity contribution in [2.45, 2.75) is 57.6 Å². The summed E-state index contributed by atoms with van der Waals surface area (Å²) in [6, 6.07) is -1.51. The Morgan fingerprint density at radius 2 is 2.24 bits per heavy atom. The summed E-state index contributed by atoms with van der Waals surface area (Å²) in [6.07, 6.45) is 4.31. The molecule has 5 atom stereocenters. The van der Waals surface area contributed by atoms with Crippen LogP contribution >= 0.6 is 0 Å². The average molecular weight is 351 g/mol. The van der Waals surface area contributed by atoms with Crippen LogP contribution < -0.4 is 11.1 Å². The summed E-state index contributed by atoms with van der Waals surface area (Å²) in [5, 5.41) is 17.0. The first-order chi connectivity index (χ1) is 12.4. The third kappa shape index (κ3) is 4.53. The number of rotatable bonds is 6. The van der Waals surface area contributed by atoms with E-state index in [2.05, 4.69) is 25.9 Å². The van der Waals surface area contributed by atoms with Crippen molar-refractivity contribution in [1.29, 1.82) is 0 Å². The number of ether oxygens (including phenoxy) is 1. The first-order valence-corrected chi connectivity index (χ1v) is 8.85. The lowest BCUT2D eigenvalue weighted by molar-refractivity contribution is -0.157. The molecule has 4 N–H and O–H groups in total. The van der Waals surface area contributed by atoms with Gasteiger partial charge in [-0.25, -0.2) is 0 Å². The largest absolute Gasteiger partial charge is 0.451 e. The molecule has 0 unspecified atom stereocenters. The van der Waals surface area contributed by atoms with E-state index >= 15 is 0 Å². The molecular weight excluding hydrogens is 324 g/mol. The molecule has 2 aliphatic rings. The highest BCUT2D eigenvalue weighted by atomic mass is 16.5. The van der Waals surface area contributed by atoms with E-state index in [0.29, 0.717) is 24.8 Å². The zero-order valence-electron chi connectivity index (χ0n) is 15.4. The van der Waals surface area contributed by atoms with Crippen LogP contribution in [0.3, 0.4) is 0 Å². The predicted octanol–water partition coefficient (Wildman–Crippen LogP) is -0.0563. The summed E-state index contributed by atoms with van der Waals surface area (Å²) < 4.78 is 13.6. The van der Waals surface area contributed by atoms with E-state index in [1.807, 2.05) is 0 Å². The molecule has 2 heterocycles. The molecule has 1 saturated heterocycles. The standard InChI is InChI=1S/C16H26N6O3/c1-9(15(17)23)25-16(24)13-7-12-6-10(2-4-11(12)8-18-13)3-5-14-19-21-22-20-14/h9-13,18H,2-8H2,1H3,(H2,17,23)(H,19,20,21,22)/t9-,10-,11+,12-,13+/m1/s1/i13D. The fraction of sp³-hybridized carbons (Fsp3) is 0.812. The van der Waals surface area contributed by atoms with Crippen molar-refractivity contribution in [2.24, 2.45) is 23.5 Å². The molecule has 1 amide bonds. The number of esters is 1. The second-order valence-electron chi connectivity index (χ2n) is 7.08. The number of aromatic amines is 1. The summed E-state index contributed by atoms with van der Waals surface area (Å²) in [5.41, 5.74) is 5.14. The van der Waals surface area contributed by atoms with E-state index in [9.17, 15) is 9.59 Å². The maximum atomic E-state index is 12.4. The number of hydrogen-bond donors (Lipinski definition) is 3. The number of nitrogens with one attached hydrogen (secondary N) is 2. The minimum Gasteiger partial charge on any atom is -0.451 e. The average Bonchev–Trinajstić information content (AvgIpc) is 3.13. The lowest BCUT2D eigenvalue weighted by Gasteiger charge is -2.42. The van der Waals surface area contributed by atoms with Gasteiger partial charge < -0.3 is 15.8 Å². The van der Waals surface area contributed by atoms with Gasteiger partial charge in [0.15, 0.2) is 11.9 Å². The van der Waals surface area contributed by atoms with E-state index < -0.39 is 24.0 Å². The van der Waals surface area contributed by atoms with Gasteiger partial charge in [0.05, 0.1) is 1.37 Å². The Morgan fingerprint density at radius 3 is 2.96 bits per heavy atom. The van der Waals surface area contributed by atoms with Crippen LogP contribution in [0, 0.1) is 17.8 Å². The maximum absolute atomic E-state index is 12.4. The number of carbonyl (C=O) groups excluding carboxylic acids is 2. The van der Waals surface area contributed by atoms with E-state index in [4.69, 9.17) is 11.8 Å². The normalized spacial score (nSPS) is 33.8. The van der Waals surface area contributed by atoms with Crippen LogP contribution in [-0.4, -0.2) is 51.2 Å². The van der Waals surface area contributed by atoms with Gasteiger partial charge in [-0.3, -0.25) is 9.59 Å². The molecule has 3 rings (SSSR count). The number of carbonyl (C=O) groups is 2. The number of H-pyrrole nitrogens is 1. The summed E-state index contributed by atoms with van der Waals surface area (Å²) >= 11 is 0. The van der Waals surface area contributed by atoms with Gasteiger partial charge in [-0.1, -0.05) is 11.6 Å². The van der Waals surface area contributed by atoms with Crippen molar-refractivity contribution >= 4 is 11.9 Å². The Balaban J connectivity index is 1.56. The zero-order valence-corrected chi connectivity index (χ0v) is 14.4. The van der Waals surface area contributed by atoms with Gasteiger partial charge in [-0.05, 0) is 56.9 Å². The van der Waals surface area contributed by atoms with E-state index in [-0.39, 0.29) is 5.92 Å². The summed E-state index contributed by atoms with van der Waals surface area (Å²) in [7, 11) is 0. The fourth-order valence-corrected chi connectivity index (χ4v) is 3.86. The van der Waals surface area contributed by atoms with E-state index in [1.165, 1.54) is 6.92 Å². The Labute approximate surface area is 147 Å². The van der Waals surface area contributed by atoms with Crippen molar-refractivity contribution in [2.75, 3.05) is 6.54 Å². The highest BCUT2D eigenvalue weighted by Crippen LogP contribution is 2.40.